The van der Waals surface area contributed by atoms with Gasteiger partial charge in [-0.15, -0.1) is 8.78 Å². The molecule has 34 heavy (non-hydrogen) atoms. The van der Waals surface area contributed by atoms with Gasteiger partial charge in [0.1, 0.15) is 5.82 Å². The number of carbonyl (C=O) groups is 1. The predicted molar refractivity (Wildman–Crippen MR) is 122 cm³/mol. The van der Waals surface area contributed by atoms with Crippen molar-refractivity contribution in [2.75, 3.05) is 5.32 Å². The molecule has 1 amide bonds. The van der Waals surface area contributed by atoms with Crippen LogP contribution in [0.15, 0.2) is 54.6 Å². The average molecular weight is 463 g/mol. The van der Waals surface area contributed by atoms with E-state index in [1.807, 2.05) is 31.2 Å². The van der Waals surface area contributed by atoms with Crippen molar-refractivity contribution in [1.29, 1.82) is 0 Å². The summed E-state index contributed by atoms with van der Waals surface area (Å²) >= 11 is 0. The second kappa shape index (κ2) is 6.99. The Kier molecular flexibility index (Phi) is 4.33. The Morgan fingerprint density at radius 3 is 2.47 bits per heavy atom. The van der Waals surface area contributed by atoms with E-state index >= 15 is 0 Å². The van der Waals surface area contributed by atoms with Gasteiger partial charge in [0.25, 0.3) is 0 Å². The van der Waals surface area contributed by atoms with Gasteiger partial charge in [-0.05, 0) is 73.6 Å². The van der Waals surface area contributed by atoms with E-state index in [4.69, 9.17) is 10.7 Å². The minimum Gasteiger partial charge on any atom is -0.395 e. The summed E-state index contributed by atoms with van der Waals surface area (Å²) in [6, 6.07) is 16.3. The van der Waals surface area contributed by atoms with Gasteiger partial charge in [0.05, 0.1) is 11.1 Å². The number of hydrogen-bond donors (Lipinski definition) is 2. The molecule has 2 fully saturated rings. The highest BCUT2D eigenvalue weighted by molar-refractivity contribution is 6.01. The Hall–Kier alpha value is -3.52. The highest BCUT2D eigenvalue weighted by atomic mass is 19.3. The number of hydrogen-bond acceptors (Lipinski definition) is 5. The fourth-order valence-corrected chi connectivity index (χ4v) is 4.54. The molecule has 3 aromatic rings. The van der Waals surface area contributed by atoms with Crippen molar-refractivity contribution in [3.05, 3.63) is 71.3 Å². The third-order valence-corrected chi connectivity index (χ3v) is 6.98. The van der Waals surface area contributed by atoms with Crippen molar-refractivity contribution in [2.24, 2.45) is 5.73 Å². The SMILES string of the molecule is Cc1ccc(NC(=O)C2(c3ccc4c(c3)OC(F)(F)O4)CC2)nc1-c1cccc(C2(N)CC2)c1. The number of rotatable bonds is 5. The first-order valence-corrected chi connectivity index (χ1v) is 11.3. The molecule has 0 saturated heterocycles. The van der Waals surface area contributed by atoms with E-state index in [0.717, 1.165) is 35.2 Å². The number of nitrogens with one attached hydrogen (secondary N) is 1. The van der Waals surface area contributed by atoms with Gasteiger partial charge in [0.15, 0.2) is 11.5 Å². The maximum atomic E-state index is 13.4. The van der Waals surface area contributed by atoms with Crippen LogP contribution in [0.5, 0.6) is 11.5 Å². The summed E-state index contributed by atoms with van der Waals surface area (Å²) in [7, 11) is 0. The summed E-state index contributed by atoms with van der Waals surface area (Å²) in [6.07, 6.45) is -0.540. The molecule has 6 nitrogen and oxygen atoms in total. The van der Waals surface area contributed by atoms with Crippen molar-refractivity contribution in [3.8, 4) is 22.8 Å². The van der Waals surface area contributed by atoms with Crippen molar-refractivity contribution in [3.63, 3.8) is 0 Å². The maximum absolute atomic E-state index is 13.4. The molecule has 174 valence electrons. The number of pyridine rings is 1. The molecule has 2 heterocycles. The largest absolute Gasteiger partial charge is 0.586 e. The summed E-state index contributed by atoms with van der Waals surface area (Å²) in [5, 5.41) is 2.93. The monoisotopic (exact) mass is 463 g/mol. The van der Waals surface area contributed by atoms with Gasteiger partial charge >= 0.3 is 6.29 Å². The van der Waals surface area contributed by atoms with Crippen LogP contribution in [0.3, 0.4) is 0 Å². The summed E-state index contributed by atoms with van der Waals surface area (Å²) in [6.45, 7) is 1.97. The Morgan fingerprint density at radius 2 is 1.74 bits per heavy atom. The molecular formula is C26H23F2N3O3. The van der Waals surface area contributed by atoms with Gasteiger partial charge in [-0.1, -0.05) is 30.3 Å². The molecule has 0 radical (unpaired) electrons. The van der Waals surface area contributed by atoms with E-state index in [0.29, 0.717) is 24.2 Å². The molecule has 8 heteroatoms. The fraction of sp³-hybridized carbons (Fsp3) is 0.308. The van der Waals surface area contributed by atoms with Crippen molar-refractivity contribution in [2.45, 2.75) is 49.9 Å². The lowest BCUT2D eigenvalue weighted by Gasteiger charge is -2.17. The van der Waals surface area contributed by atoms with Gasteiger partial charge < -0.3 is 20.5 Å². The first-order chi connectivity index (χ1) is 16.2. The molecule has 0 bridgehead atoms. The first-order valence-electron chi connectivity index (χ1n) is 11.3. The van der Waals surface area contributed by atoms with Crippen LogP contribution in [0.2, 0.25) is 0 Å². The number of aryl methyl sites for hydroxylation is 1. The number of nitrogens with two attached hydrogens (primary N) is 1. The Bertz CT molecular complexity index is 1330. The molecule has 0 spiro atoms. The molecule has 2 aromatic carbocycles. The molecule has 6 rings (SSSR count). The number of aromatic nitrogens is 1. The molecule has 3 N–H and O–H groups in total. The number of carbonyl (C=O) groups excluding carboxylic acids is 1. The summed E-state index contributed by atoms with van der Waals surface area (Å²) in [5.41, 5.74) is 9.73. The van der Waals surface area contributed by atoms with Gasteiger partial charge in [-0.3, -0.25) is 4.79 Å². The summed E-state index contributed by atoms with van der Waals surface area (Å²) in [5.74, 6) is 0.101. The molecule has 0 atom stereocenters. The highest BCUT2D eigenvalue weighted by Gasteiger charge is 2.53. The van der Waals surface area contributed by atoms with Crippen molar-refractivity contribution < 1.29 is 23.0 Å². The van der Waals surface area contributed by atoms with Crippen LogP contribution >= 0.6 is 0 Å². The lowest BCUT2D eigenvalue weighted by molar-refractivity contribution is -0.286. The molecule has 2 saturated carbocycles. The lowest BCUT2D eigenvalue weighted by Crippen LogP contribution is -2.28. The van der Waals surface area contributed by atoms with E-state index in [-0.39, 0.29) is 22.9 Å². The smallest absolute Gasteiger partial charge is 0.395 e. The van der Waals surface area contributed by atoms with Gasteiger partial charge in [0.2, 0.25) is 5.91 Å². The Labute approximate surface area is 195 Å². The minimum atomic E-state index is -3.69. The van der Waals surface area contributed by atoms with Crippen LogP contribution in [-0.4, -0.2) is 17.2 Å². The Balaban J connectivity index is 1.26. The zero-order valence-corrected chi connectivity index (χ0v) is 18.5. The van der Waals surface area contributed by atoms with Gasteiger partial charge in [-0.2, -0.15) is 0 Å². The number of anilines is 1. The second-order valence-corrected chi connectivity index (χ2v) is 9.46. The molecule has 2 aliphatic carbocycles. The van der Waals surface area contributed by atoms with Crippen LogP contribution < -0.4 is 20.5 Å². The molecule has 0 unspecified atom stereocenters. The quantitative estimate of drug-likeness (QED) is 0.556. The highest BCUT2D eigenvalue weighted by Crippen LogP contribution is 2.52. The maximum Gasteiger partial charge on any atom is 0.586 e. The third-order valence-electron chi connectivity index (χ3n) is 6.98. The summed E-state index contributed by atoms with van der Waals surface area (Å²) in [4.78, 5) is 18.0. The zero-order valence-electron chi connectivity index (χ0n) is 18.5. The van der Waals surface area contributed by atoms with Crippen molar-refractivity contribution >= 4 is 11.7 Å². The molecular weight excluding hydrogens is 440 g/mol. The number of halogens is 2. The lowest BCUT2D eigenvalue weighted by atomic mass is 9.94. The van der Waals surface area contributed by atoms with Crippen LogP contribution in [0, 0.1) is 6.92 Å². The number of amides is 1. The van der Waals surface area contributed by atoms with E-state index in [1.54, 1.807) is 12.1 Å². The average Bonchev–Trinajstić information content (AvgIpc) is 3.72. The minimum absolute atomic E-state index is 0.0394. The number of ether oxygens (including phenoxy) is 2. The second-order valence-electron chi connectivity index (χ2n) is 9.46. The van der Waals surface area contributed by atoms with Crippen LogP contribution in [0.4, 0.5) is 14.6 Å². The van der Waals surface area contributed by atoms with E-state index in [2.05, 4.69) is 20.9 Å². The van der Waals surface area contributed by atoms with E-state index in [1.165, 1.54) is 12.1 Å². The van der Waals surface area contributed by atoms with Gasteiger partial charge in [0, 0.05) is 11.1 Å². The third kappa shape index (κ3) is 3.49. The van der Waals surface area contributed by atoms with Gasteiger partial charge in [-0.25, -0.2) is 4.98 Å². The number of fused-ring (bicyclic) bond motifs is 1. The Morgan fingerprint density at radius 1 is 0.971 bits per heavy atom. The standard InChI is InChI=1S/C26H23F2N3O3/c1-15-5-8-21(30-22(15)16-3-2-4-18(13-16)25(29)11-12-25)31-23(32)24(9-10-24)17-6-7-19-20(14-17)34-26(27,28)33-19/h2-8,13-14H,9-12,29H2,1H3,(H,30,31,32). The predicted octanol–water partition coefficient (Wildman–Crippen LogP) is 5.00. The van der Waals surface area contributed by atoms with Crippen LogP contribution in [0.25, 0.3) is 11.3 Å². The van der Waals surface area contributed by atoms with Crippen molar-refractivity contribution in [1.82, 2.24) is 4.98 Å². The number of alkyl halides is 2. The first kappa shape index (κ1) is 21.0. The summed E-state index contributed by atoms with van der Waals surface area (Å²) < 4.78 is 35.8. The normalized spacial score (nSPS) is 20.0. The molecule has 1 aromatic heterocycles. The van der Waals surface area contributed by atoms with Crippen LogP contribution in [-0.2, 0) is 15.7 Å². The number of benzene rings is 2. The zero-order chi connectivity index (χ0) is 23.7. The van der Waals surface area contributed by atoms with E-state index in [9.17, 15) is 13.6 Å². The molecule has 1 aliphatic heterocycles. The number of nitrogens with zero attached hydrogens (tertiary/aromatic N) is 1. The molecule has 3 aliphatic rings. The fourth-order valence-electron chi connectivity index (χ4n) is 4.54. The van der Waals surface area contributed by atoms with E-state index < -0.39 is 11.7 Å². The topological polar surface area (TPSA) is 86.5 Å². The van der Waals surface area contributed by atoms with Crippen LogP contribution in [0.1, 0.15) is 42.4 Å².